The van der Waals surface area contributed by atoms with Gasteiger partial charge < -0.3 is 14.6 Å². The Morgan fingerprint density at radius 1 is 1.17 bits per heavy atom. The highest BCUT2D eigenvalue weighted by Crippen LogP contribution is 2.22. The molecule has 8 heteroatoms. The maximum absolute atomic E-state index is 12.4. The van der Waals surface area contributed by atoms with Crippen molar-refractivity contribution in [1.29, 1.82) is 0 Å². The molecule has 0 atom stereocenters. The van der Waals surface area contributed by atoms with E-state index in [9.17, 15) is 9.59 Å². The molecule has 1 fully saturated rings. The minimum absolute atomic E-state index is 0.0308. The first kappa shape index (κ1) is 23.7. The van der Waals surface area contributed by atoms with E-state index >= 15 is 0 Å². The monoisotopic (exact) mass is 424 g/mol. The molecule has 1 heterocycles. The summed E-state index contributed by atoms with van der Waals surface area (Å²) in [4.78, 5) is 26.4. The molecule has 1 aromatic heterocycles. The highest BCUT2D eigenvalue weighted by Gasteiger charge is 2.20. The van der Waals surface area contributed by atoms with Gasteiger partial charge in [-0.25, -0.2) is 4.79 Å². The SMILES string of the molecule is CCCC(CCC)CC(=O)c1nnc(SCCN(C)C(=O)NC2CCCCC2)o1. The molecule has 29 heavy (non-hydrogen) atoms. The van der Waals surface area contributed by atoms with E-state index in [0.29, 0.717) is 35.9 Å². The Labute approximate surface area is 178 Å². The summed E-state index contributed by atoms with van der Waals surface area (Å²) in [6.45, 7) is 4.85. The lowest BCUT2D eigenvalue weighted by Gasteiger charge is -2.26. The summed E-state index contributed by atoms with van der Waals surface area (Å²) in [6, 6.07) is 0.275. The zero-order valence-electron chi connectivity index (χ0n) is 18.1. The van der Waals surface area contributed by atoms with E-state index in [-0.39, 0.29) is 17.7 Å². The third-order valence-corrected chi connectivity index (χ3v) is 6.24. The largest absolute Gasteiger partial charge is 0.408 e. The van der Waals surface area contributed by atoms with E-state index in [1.54, 1.807) is 11.9 Å². The van der Waals surface area contributed by atoms with Gasteiger partial charge in [0.05, 0.1) is 0 Å². The summed E-state index contributed by atoms with van der Waals surface area (Å²) < 4.78 is 5.54. The van der Waals surface area contributed by atoms with Crippen LogP contribution in [0.4, 0.5) is 4.79 Å². The molecular formula is C21H36N4O3S. The van der Waals surface area contributed by atoms with E-state index in [1.807, 2.05) is 0 Å². The molecule has 1 aliphatic carbocycles. The van der Waals surface area contributed by atoms with Gasteiger partial charge in [-0.15, -0.1) is 10.2 Å². The number of carbonyl (C=O) groups excluding carboxylic acids is 2. The molecule has 0 bridgehead atoms. The molecular weight excluding hydrogens is 388 g/mol. The van der Waals surface area contributed by atoms with Crippen molar-refractivity contribution in [1.82, 2.24) is 20.4 Å². The average molecular weight is 425 g/mol. The van der Waals surface area contributed by atoms with Crippen molar-refractivity contribution >= 4 is 23.6 Å². The predicted molar refractivity (Wildman–Crippen MR) is 115 cm³/mol. The van der Waals surface area contributed by atoms with Crippen LogP contribution < -0.4 is 5.32 Å². The number of carbonyl (C=O) groups is 2. The summed E-state index contributed by atoms with van der Waals surface area (Å²) in [7, 11) is 1.79. The van der Waals surface area contributed by atoms with Crippen LogP contribution in [0.3, 0.4) is 0 Å². The number of aromatic nitrogens is 2. The zero-order valence-corrected chi connectivity index (χ0v) is 18.9. The van der Waals surface area contributed by atoms with E-state index in [1.165, 1.54) is 31.0 Å². The maximum Gasteiger partial charge on any atom is 0.317 e. The zero-order chi connectivity index (χ0) is 21.1. The van der Waals surface area contributed by atoms with Gasteiger partial charge in [-0.05, 0) is 18.8 Å². The third-order valence-electron chi connectivity index (χ3n) is 5.44. The molecule has 0 saturated heterocycles. The minimum Gasteiger partial charge on any atom is -0.408 e. The average Bonchev–Trinajstić information content (AvgIpc) is 3.18. The number of Topliss-reactive ketones (excluding diaryl/α,β-unsaturated/α-hetero) is 1. The molecule has 2 amide bonds. The second-order valence-corrected chi connectivity index (χ2v) is 9.04. The molecule has 1 saturated carbocycles. The van der Waals surface area contributed by atoms with Crippen molar-refractivity contribution < 1.29 is 14.0 Å². The first-order valence-electron chi connectivity index (χ1n) is 11.0. The van der Waals surface area contributed by atoms with Gasteiger partial charge in [0.1, 0.15) is 0 Å². The van der Waals surface area contributed by atoms with Gasteiger partial charge >= 0.3 is 6.03 Å². The number of hydrogen-bond acceptors (Lipinski definition) is 6. The maximum atomic E-state index is 12.4. The number of thioether (sulfide) groups is 1. The molecule has 0 unspecified atom stereocenters. The summed E-state index contributed by atoms with van der Waals surface area (Å²) in [5.41, 5.74) is 0. The molecule has 1 N–H and O–H groups in total. The second kappa shape index (κ2) is 12.9. The lowest BCUT2D eigenvalue weighted by Crippen LogP contribution is -2.44. The van der Waals surface area contributed by atoms with Crippen molar-refractivity contribution in [3.63, 3.8) is 0 Å². The smallest absolute Gasteiger partial charge is 0.317 e. The summed E-state index contributed by atoms with van der Waals surface area (Å²) in [5.74, 6) is 1.06. The first-order valence-corrected chi connectivity index (χ1v) is 12.0. The summed E-state index contributed by atoms with van der Waals surface area (Å²) >= 11 is 1.38. The van der Waals surface area contributed by atoms with Crippen LogP contribution in [-0.2, 0) is 0 Å². The molecule has 7 nitrogen and oxygen atoms in total. The number of ketones is 1. The molecule has 0 spiro atoms. The molecule has 164 valence electrons. The minimum atomic E-state index is -0.0692. The van der Waals surface area contributed by atoms with Crippen molar-refractivity contribution in [3.8, 4) is 0 Å². The molecule has 0 radical (unpaired) electrons. The Balaban J connectivity index is 1.72. The first-order chi connectivity index (χ1) is 14.0. The fourth-order valence-electron chi connectivity index (χ4n) is 3.80. The van der Waals surface area contributed by atoms with Crippen LogP contribution in [0.25, 0.3) is 0 Å². The Kier molecular flexibility index (Phi) is 10.5. The number of urea groups is 1. The van der Waals surface area contributed by atoms with Crippen molar-refractivity contribution in [2.24, 2.45) is 5.92 Å². The highest BCUT2D eigenvalue weighted by molar-refractivity contribution is 7.99. The Morgan fingerprint density at radius 3 is 2.52 bits per heavy atom. The Hall–Kier alpha value is -1.57. The van der Waals surface area contributed by atoms with Gasteiger partial charge in [0.25, 0.3) is 11.1 Å². The lowest BCUT2D eigenvalue weighted by molar-refractivity contribution is 0.0916. The third kappa shape index (κ3) is 8.36. The van der Waals surface area contributed by atoms with Gasteiger partial charge in [0.2, 0.25) is 5.78 Å². The van der Waals surface area contributed by atoms with Crippen molar-refractivity contribution in [2.75, 3.05) is 19.3 Å². The molecule has 1 aromatic rings. The van der Waals surface area contributed by atoms with Gasteiger partial charge in [0, 0.05) is 31.8 Å². The Morgan fingerprint density at radius 2 is 1.86 bits per heavy atom. The Bertz CT molecular complexity index is 625. The van der Waals surface area contributed by atoms with E-state index < -0.39 is 0 Å². The summed E-state index contributed by atoms with van der Waals surface area (Å²) in [5, 5.41) is 11.4. The fraction of sp³-hybridized carbons (Fsp3) is 0.810. The quantitative estimate of drug-likeness (QED) is 0.378. The van der Waals surface area contributed by atoms with E-state index in [4.69, 9.17) is 4.42 Å². The van der Waals surface area contributed by atoms with E-state index in [2.05, 4.69) is 29.4 Å². The number of hydrogen-bond donors (Lipinski definition) is 1. The predicted octanol–water partition coefficient (Wildman–Crippen LogP) is 4.93. The van der Waals surface area contributed by atoms with Gasteiger partial charge in [0.15, 0.2) is 0 Å². The van der Waals surface area contributed by atoms with Gasteiger partial charge in [-0.3, -0.25) is 4.79 Å². The molecule has 1 aliphatic rings. The fourth-order valence-corrected chi connectivity index (χ4v) is 4.57. The number of amides is 2. The second-order valence-electron chi connectivity index (χ2n) is 8.00. The lowest BCUT2D eigenvalue weighted by atomic mass is 9.93. The topological polar surface area (TPSA) is 88.3 Å². The van der Waals surface area contributed by atoms with Crippen LogP contribution in [0.5, 0.6) is 0 Å². The summed E-state index contributed by atoms with van der Waals surface area (Å²) in [6.07, 6.45) is 10.5. The van der Waals surface area contributed by atoms with Crippen LogP contribution in [0.15, 0.2) is 9.64 Å². The number of nitrogens with one attached hydrogen (secondary N) is 1. The van der Waals surface area contributed by atoms with Gasteiger partial charge in [-0.1, -0.05) is 70.6 Å². The van der Waals surface area contributed by atoms with Crippen LogP contribution in [0.1, 0.15) is 88.7 Å². The van der Waals surface area contributed by atoms with Crippen LogP contribution in [-0.4, -0.2) is 52.3 Å². The molecule has 0 aromatic carbocycles. The van der Waals surface area contributed by atoms with Gasteiger partial charge in [-0.2, -0.15) is 0 Å². The van der Waals surface area contributed by atoms with E-state index in [0.717, 1.165) is 38.5 Å². The van der Waals surface area contributed by atoms with Crippen LogP contribution in [0.2, 0.25) is 0 Å². The normalized spacial score (nSPS) is 14.9. The number of rotatable bonds is 12. The molecule has 2 rings (SSSR count). The molecule has 0 aliphatic heterocycles. The highest BCUT2D eigenvalue weighted by atomic mass is 32.2. The number of nitrogens with zero attached hydrogens (tertiary/aromatic N) is 3. The van der Waals surface area contributed by atoms with Crippen LogP contribution in [0, 0.1) is 5.92 Å². The standard InChI is InChI=1S/C21H36N4O3S/c1-4-9-16(10-5-2)15-18(26)19-23-24-21(28-19)29-14-13-25(3)20(27)22-17-11-7-6-8-12-17/h16-17H,4-15H2,1-3H3,(H,22,27). The van der Waals surface area contributed by atoms with Crippen molar-refractivity contribution in [2.45, 2.75) is 89.3 Å². The van der Waals surface area contributed by atoms with Crippen molar-refractivity contribution in [3.05, 3.63) is 5.89 Å². The van der Waals surface area contributed by atoms with Crippen LogP contribution >= 0.6 is 11.8 Å².